The van der Waals surface area contributed by atoms with E-state index in [1.54, 1.807) is 25.6 Å². The summed E-state index contributed by atoms with van der Waals surface area (Å²) in [6.07, 6.45) is 1.86. The number of amides is 1. The zero-order valence-corrected chi connectivity index (χ0v) is 13.8. The quantitative estimate of drug-likeness (QED) is 0.914. The van der Waals surface area contributed by atoms with E-state index in [0.717, 1.165) is 11.3 Å². The van der Waals surface area contributed by atoms with Crippen molar-refractivity contribution in [2.45, 2.75) is 33.7 Å². The van der Waals surface area contributed by atoms with Crippen LogP contribution in [0.15, 0.2) is 11.0 Å². The van der Waals surface area contributed by atoms with E-state index in [4.69, 9.17) is 0 Å². The highest BCUT2D eigenvalue weighted by Gasteiger charge is 2.21. The SMILES string of the molecule is Cc1nn(C)cc1C(C)NC(=O)c1c(C)c(C)nn(C)c1=O. The number of carbonyl (C=O) groups is 1. The molecule has 0 aliphatic carbocycles. The highest BCUT2D eigenvalue weighted by atomic mass is 16.2. The summed E-state index contributed by atoms with van der Waals surface area (Å²) < 4.78 is 2.89. The van der Waals surface area contributed by atoms with Gasteiger partial charge in [0, 0.05) is 25.9 Å². The van der Waals surface area contributed by atoms with Crippen LogP contribution in [0.1, 0.15) is 45.8 Å². The molecule has 7 heteroatoms. The van der Waals surface area contributed by atoms with Crippen LogP contribution in [0.3, 0.4) is 0 Å². The van der Waals surface area contributed by atoms with Crippen LogP contribution in [0.4, 0.5) is 0 Å². The summed E-state index contributed by atoms with van der Waals surface area (Å²) in [5.41, 5.74) is 2.80. The normalized spacial score (nSPS) is 12.3. The third-order valence-electron chi connectivity index (χ3n) is 3.82. The van der Waals surface area contributed by atoms with Gasteiger partial charge in [0.15, 0.2) is 0 Å². The molecule has 0 saturated heterocycles. The Kier molecular flexibility index (Phi) is 4.16. The van der Waals surface area contributed by atoms with Gasteiger partial charge >= 0.3 is 0 Å². The fourth-order valence-corrected chi connectivity index (χ4v) is 2.51. The molecule has 1 atom stereocenters. The molecule has 2 aromatic heterocycles. The van der Waals surface area contributed by atoms with E-state index >= 15 is 0 Å². The summed E-state index contributed by atoms with van der Waals surface area (Å²) in [5, 5.41) is 11.2. The van der Waals surface area contributed by atoms with Crippen LogP contribution in [0.5, 0.6) is 0 Å². The monoisotopic (exact) mass is 303 g/mol. The maximum atomic E-state index is 12.5. The van der Waals surface area contributed by atoms with Crippen molar-refractivity contribution in [2.24, 2.45) is 14.1 Å². The Bertz CT molecular complexity index is 788. The molecule has 2 aromatic rings. The van der Waals surface area contributed by atoms with E-state index in [-0.39, 0.29) is 17.5 Å². The van der Waals surface area contributed by atoms with Gasteiger partial charge in [-0.3, -0.25) is 14.3 Å². The lowest BCUT2D eigenvalue weighted by Gasteiger charge is -2.15. The van der Waals surface area contributed by atoms with Crippen LogP contribution in [0.25, 0.3) is 0 Å². The summed E-state index contributed by atoms with van der Waals surface area (Å²) in [6.45, 7) is 7.27. The van der Waals surface area contributed by atoms with Gasteiger partial charge in [-0.25, -0.2) is 4.68 Å². The van der Waals surface area contributed by atoms with Crippen LogP contribution in [0.2, 0.25) is 0 Å². The fourth-order valence-electron chi connectivity index (χ4n) is 2.51. The summed E-state index contributed by atoms with van der Waals surface area (Å²) in [6, 6.07) is -0.237. The number of hydrogen-bond acceptors (Lipinski definition) is 4. The first kappa shape index (κ1) is 15.9. The Labute approximate surface area is 129 Å². The minimum atomic E-state index is -0.393. The lowest BCUT2D eigenvalue weighted by molar-refractivity contribution is 0.0936. The Morgan fingerprint density at radius 2 is 1.82 bits per heavy atom. The largest absolute Gasteiger partial charge is 0.345 e. The Morgan fingerprint density at radius 3 is 2.36 bits per heavy atom. The molecule has 0 spiro atoms. The maximum Gasteiger partial charge on any atom is 0.279 e. The van der Waals surface area contributed by atoms with E-state index in [0.29, 0.717) is 11.3 Å². The smallest absolute Gasteiger partial charge is 0.279 e. The lowest BCUT2D eigenvalue weighted by atomic mass is 10.1. The van der Waals surface area contributed by atoms with Crippen molar-refractivity contribution >= 4 is 5.91 Å². The molecule has 0 saturated carbocycles. The van der Waals surface area contributed by atoms with Crippen LogP contribution in [-0.4, -0.2) is 25.5 Å². The predicted molar refractivity (Wildman–Crippen MR) is 82.8 cm³/mol. The first-order valence-electron chi connectivity index (χ1n) is 7.08. The molecule has 7 nitrogen and oxygen atoms in total. The van der Waals surface area contributed by atoms with Gasteiger partial charge in [-0.05, 0) is 33.3 Å². The zero-order valence-electron chi connectivity index (χ0n) is 13.8. The second kappa shape index (κ2) is 5.75. The zero-order chi connectivity index (χ0) is 16.6. The second-order valence-electron chi connectivity index (χ2n) is 5.55. The van der Waals surface area contributed by atoms with Crippen molar-refractivity contribution in [3.63, 3.8) is 0 Å². The summed E-state index contributed by atoms with van der Waals surface area (Å²) in [4.78, 5) is 24.7. The molecule has 0 radical (unpaired) electrons. The van der Waals surface area contributed by atoms with Crippen molar-refractivity contribution in [3.8, 4) is 0 Å². The molecule has 0 fully saturated rings. The molecule has 0 aliphatic heterocycles. The number of aryl methyl sites for hydroxylation is 4. The molecule has 1 N–H and O–H groups in total. The lowest BCUT2D eigenvalue weighted by Crippen LogP contribution is -2.36. The van der Waals surface area contributed by atoms with Gasteiger partial charge in [0.2, 0.25) is 0 Å². The van der Waals surface area contributed by atoms with Crippen molar-refractivity contribution in [2.75, 3.05) is 0 Å². The summed E-state index contributed by atoms with van der Waals surface area (Å²) in [7, 11) is 3.37. The molecule has 0 aliphatic rings. The molecule has 0 aromatic carbocycles. The first-order valence-corrected chi connectivity index (χ1v) is 7.08. The van der Waals surface area contributed by atoms with Crippen molar-refractivity contribution in [1.82, 2.24) is 24.9 Å². The van der Waals surface area contributed by atoms with Gasteiger partial charge in [0.25, 0.3) is 11.5 Å². The van der Waals surface area contributed by atoms with Crippen molar-refractivity contribution in [3.05, 3.63) is 44.6 Å². The molecule has 118 valence electrons. The average molecular weight is 303 g/mol. The third-order valence-corrected chi connectivity index (χ3v) is 3.82. The number of carbonyl (C=O) groups excluding carboxylic acids is 1. The highest BCUT2D eigenvalue weighted by Crippen LogP contribution is 2.16. The summed E-state index contributed by atoms with van der Waals surface area (Å²) in [5.74, 6) is -0.389. The minimum absolute atomic E-state index is 0.142. The second-order valence-corrected chi connectivity index (χ2v) is 5.55. The van der Waals surface area contributed by atoms with Crippen LogP contribution in [0, 0.1) is 20.8 Å². The maximum absolute atomic E-state index is 12.5. The van der Waals surface area contributed by atoms with Crippen molar-refractivity contribution < 1.29 is 4.79 Å². The predicted octanol–water partition coefficient (Wildman–Crippen LogP) is 0.930. The van der Waals surface area contributed by atoms with E-state index in [1.807, 2.05) is 27.1 Å². The average Bonchev–Trinajstić information content (AvgIpc) is 2.76. The van der Waals surface area contributed by atoms with Crippen LogP contribution in [-0.2, 0) is 14.1 Å². The number of hydrogen-bond donors (Lipinski definition) is 1. The van der Waals surface area contributed by atoms with Crippen molar-refractivity contribution in [1.29, 1.82) is 0 Å². The van der Waals surface area contributed by atoms with Gasteiger partial charge in [-0.2, -0.15) is 10.2 Å². The van der Waals surface area contributed by atoms with E-state index < -0.39 is 5.56 Å². The van der Waals surface area contributed by atoms with E-state index in [9.17, 15) is 9.59 Å². The highest BCUT2D eigenvalue weighted by molar-refractivity contribution is 5.95. The number of nitrogens with one attached hydrogen (secondary N) is 1. The first-order chi connectivity index (χ1) is 10.2. The van der Waals surface area contributed by atoms with Gasteiger partial charge in [0.05, 0.1) is 17.4 Å². The number of aromatic nitrogens is 4. The molecular formula is C15H21N5O2. The molecule has 1 amide bonds. The van der Waals surface area contributed by atoms with E-state index in [2.05, 4.69) is 15.5 Å². The van der Waals surface area contributed by atoms with E-state index in [1.165, 1.54) is 4.68 Å². The topological polar surface area (TPSA) is 81.8 Å². The van der Waals surface area contributed by atoms with Gasteiger partial charge < -0.3 is 5.32 Å². The third kappa shape index (κ3) is 2.79. The van der Waals surface area contributed by atoms with Crippen LogP contribution >= 0.6 is 0 Å². The molecule has 2 rings (SSSR count). The Hall–Kier alpha value is -2.44. The fraction of sp³-hybridized carbons (Fsp3) is 0.467. The van der Waals surface area contributed by atoms with Gasteiger partial charge in [0.1, 0.15) is 5.56 Å². The number of rotatable bonds is 3. The standard InChI is InChI=1S/C15H21N5O2/c1-8-9(2)18-20(6)15(22)13(8)14(21)16-10(3)12-7-19(5)17-11(12)4/h7,10H,1-6H3,(H,16,21). The number of nitrogens with zero attached hydrogens (tertiary/aromatic N) is 4. The minimum Gasteiger partial charge on any atom is -0.345 e. The Morgan fingerprint density at radius 1 is 1.18 bits per heavy atom. The molecule has 1 unspecified atom stereocenters. The van der Waals surface area contributed by atoms with Gasteiger partial charge in [-0.1, -0.05) is 0 Å². The molecular weight excluding hydrogens is 282 g/mol. The molecule has 22 heavy (non-hydrogen) atoms. The molecule has 0 bridgehead atoms. The summed E-state index contributed by atoms with van der Waals surface area (Å²) >= 11 is 0. The Balaban J connectivity index is 2.34. The van der Waals surface area contributed by atoms with Crippen LogP contribution < -0.4 is 10.9 Å². The van der Waals surface area contributed by atoms with Gasteiger partial charge in [-0.15, -0.1) is 0 Å². The molecule has 2 heterocycles.